The summed E-state index contributed by atoms with van der Waals surface area (Å²) in [6, 6.07) is 0. The molecule has 0 bridgehead atoms. The quantitative estimate of drug-likeness (QED) is 0.847. The van der Waals surface area contributed by atoms with Crippen molar-refractivity contribution in [1.82, 2.24) is 10.3 Å². The third kappa shape index (κ3) is 4.37. The van der Waals surface area contributed by atoms with Gasteiger partial charge in [0.15, 0.2) is 0 Å². The van der Waals surface area contributed by atoms with E-state index in [4.69, 9.17) is 4.74 Å². The third-order valence-electron chi connectivity index (χ3n) is 2.94. The molecule has 2 rings (SSSR count). The molecule has 0 aliphatic carbocycles. The van der Waals surface area contributed by atoms with Gasteiger partial charge < -0.3 is 10.1 Å². The minimum absolute atomic E-state index is 0.692. The number of hydrogen-bond donors (Lipinski definition) is 1. The molecule has 0 aromatic carbocycles. The molecule has 1 aromatic rings. The molecular formula is C13H22N2OS. The van der Waals surface area contributed by atoms with Crippen molar-refractivity contribution in [3.05, 3.63) is 16.1 Å². The predicted molar refractivity (Wildman–Crippen MR) is 71.3 cm³/mol. The van der Waals surface area contributed by atoms with Crippen LogP contribution in [0, 0.1) is 11.8 Å². The van der Waals surface area contributed by atoms with Gasteiger partial charge in [-0.25, -0.2) is 4.98 Å². The Kier molecular flexibility index (Phi) is 4.95. The van der Waals surface area contributed by atoms with Gasteiger partial charge in [0.05, 0.1) is 5.01 Å². The van der Waals surface area contributed by atoms with Gasteiger partial charge in [-0.15, -0.1) is 11.3 Å². The Bertz CT molecular complexity index is 332. The van der Waals surface area contributed by atoms with E-state index in [2.05, 4.69) is 24.1 Å². The maximum absolute atomic E-state index is 5.39. The smallest absolute Gasteiger partial charge is 0.0931 e. The highest BCUT2D eigenvalue weighted by molar-refractivity contribution is 7.11. The average Bonchev–Trinajstić information content (AvgIpc) is 2.90. The minimum Gasteiger partial charge on any atom is -0.381 e. The van der Waals surface area contributed by atoms with E-state index in [9.17, 15) is 0 Å². The van der Waals surface area contributed by atoms with E-state index in [0.29, 0.717) is 11.8 Å². The highest BCUT2D eigenvalue weighted by Gasteiger charge is 2.17. The summed E-state index contributed by atoms with van der Waals surface area (Å²) < 4.78 is 5.39. The topological polar surface area (TPSA) is 34.2 Å². The molecule has 4 heteroatoms. The lowest BCUT2D eigenvalue weighted by molar-refractivity contribution is 0.186. The van der Waals surface area contributed by atoms with E-state index in [1.54, 1.807) is 0 Å². The number of nitrogens with zero attached hydrogens (tertiary/aromatic N) is 1. The number of hydrogen-bond acceptors (Lipinski definition) is 4. The van der Waals surface area contributed by atoms with Crippen molar-refractivity contribution in [3.8, 4) is 0 Å². The van der Waals surface area contributed by atoms with Crippen LogP contribution in [-0.2, 0) is 17.7 Å². The Morgan fingerprint density at radius 1 is 1.59 bits per heavy atom. The molecule has 0 spiro atoms. The van der Waals surface area contributed by atoms with Gasteiger partial charge in [0.2, 0.25) is 0 Å². The van der Waals surface area contributed by atoms with Gasteiger partial charge in [-0.1, -0.05) is 13.8 Å². The van der Waals surface area contributed by atoms with Gasteiger partial charge in [0.25, 0.3) is 0 Å². The molecule has 1 aliphatic rings. The molecule has 96 valence electrons. The molecule has 0 saturated carbocycles. The SMILES string of the molecule is CC(C)CNCc1cnc(CC2CCOC2)s1. The van der Waals surface area contributed by atoms with Crippen molar-refractivity contribution in [2.24, 2.45) is 11.8 Å². The number of rotatable bonds is 6. The number of ether oxygens (including phenoxy) is 1. The van der Waals surface area contributed by atoms with E-state index >= 15 is 0 Å². The van der Waals surface area contributed by atoms with Crippen LogP contribution in [0.2, 0.25) is 0 Å². The summed E-state index contributed by atoms with van der Waals surface area (Å²) in [6.45, 7) is 8.33. The second-order valence-corrected chi connectivity index (χ2v) is 6.38. The van der Waals surface area contributed by atoms with Gasteiger partial charge in [-0.2, -0.15) is 0 Å². The van der Waals surface area contributed by atoms with Crippen LogP contribution in [0.25, 0.3) is 0 Å². The summed E-state index contributed by atoms with van der Waals surface area (Å²) in [5.74, 6) is 1.40. The summed E-state index contributed by atoms with van der Waals surface area (Å²) in [6.07, 6.45) is 4.30. The van der Waals surface area contributed by atoms with E-state index in [0.717, 1.165) is 32.7 Å². The molecule has 2 heterocycles. The molecule has 1 fully saturated rings. The molecule has 1 aliphatic heterocycles. The fourth-order valence-electron chi connectivity index (χ4n) is 2.00. The van der Waals surface area contributed by atoms with Crippen LogP contribution in [0.1, 0.15) is 30.2 Å². The zero-order chi connectivity index (χ0) is 12.1. The van der Waals surface area contributed by atoms with Crippen molar-refractivity contribution in [1.29, 1.82) is 0 Å². The largest absolute Gasteiger partial charge is 0.381 e. The second-order valence-electron chi connectivity index (χ2n) is 5.18. The zero-order valence-electron chi connectivity index (χ0n) is 10.7. The second kappa shape index (κ2) is 6.47. The van der Waals surface area contributed by atoms with Crippen LogP contribution in [0.5, 0.6) is 0 Å². The van der Waals surface area contributed by atoms with Crippen LogP contribution >= 0.6 is 11.3 Å². The van der Waals surface area contributed by atoms with Crippen molar-refractivity contribution in [2.75, 3.05) is 19.8 Å². The summed E-state index contributed by atoms with van der Waals surface area (Å²) >= 11 is 1.84. The molecule has 3 nitrogen and oxygen atoms in total. The minimum atomic E-state index is 0.692. The Morgan fingerprint density at radius 3 is 3.18 bits per heavy atom. The molecule has 1 saturated heterocycles. The first-order valence-corrected chi connectivity index (χ1v) is 7.27. The van der Waals surface area contributed by atoms with E-state index in [-0.39, 0.29) is 0 Å². The summed E-state index contributed by atoms with van der Waals surface area (Å²) in [4.78, 5) is 5.85. The van der Waals surface area contributed by atoms with Crippen LogP contribution < -0.4 is 5.32 Å². The van der Waals surface area contributed by atoms with Crippen LogP contribution in [0.4, 0.5) is 0 Å². The monoisotopic (exact) mass is 254 g/mol. The van der Waals surface area contributed by atoms with Gasteiger partial charge in [-0.3, -0.25) is 0 Å². The van der Waals surface area contributed by atoms with Crippen LogP contribution in [0.15, 0.2) is 6.20 Å². The normalized spacial score (nSPS) is 20.3. The predicted octanol–water partition coefficient (Wildman–Crippen LogP) is 2.47. The Balaban J connectivity index is 1.75. The first-order valence-electron chi connectivity index (χ1n) is 6.46. The number of nitrogens with one attached hydrogen (secondary N) is 1. The van der Waals surface area contributed by atoms with Crippen LogP contribution in [0.3, 0.4) is 0 Å². The lowest BCUT2D eigenvalue weighted by Crippen LogP contribution is -2.18. The highest BCUT2D eigenvalue weighted by Crippen LogP contribution is 2.21. The molecule has 0 amide bonds. The molecule has 0 radical (unpaired) electrons. The maximum atomic E-state index is 5.39. The average molecular weight is 254 g/mol. The lowest BCUT2D eigenvalue weighted by Gasteiger charge is -2.05. The Labute approximate surface area is 108 Å². The van der Waals surface area contributed by atoms with E-state index in [1.807, 2.05) is 17.5 Å². The molecule has 1 atom stereocenters. The fourth-order valence-corrected chi connectivity index (χ4v) is 3.01. The summed E-state index contributed by atoms with van der Waals surface area (Å²) in [5, 5.41) is 4.72. The number of aromatic nitrogens is 1. The lowest BCUT2D eigenvalue weighted by atomic mass is 10.1. The van der Waals surface area contributed by atoms with Gasteiger partial charge >= 0.3 is 0 Å². The molecule has 1 unspecified atom stereocenters. The first-order chi connectivity index (χ1) is 8.24. The Hall–Kier alpha value is -0.450. The van der Waals surface area contributed by atoms with E-state index in [1.165, 1.54) is 16.3 Å². The van der Waals surface area contributed by atoms with Crippen LogP contribution in [-0.4, -0.2) is 24.7 Å². The molecule has 1 N–H and O–H groups in total. The highest BCUT2D eigenvalue weighted by atomic mass is 32.1. The first kappa shape index (κ1) is 13.0. The fraction of sp³-hybridized carbons (Fsp3) is 0.769. The molecule has 17 heavy (non-hydrogen) atoms. The standard InChI is InChI=1S/C13H22N2OS/c1-10(2)6-14-7-12-8-15-13(17-12)5-11-3-4-16-9-11/h8,10-11,14H,3-7,9H2,1-2H3. The van der Waals surface area contributed by atoms with Gasteiger partial charge in [-0.05, 0) is 24.8 Å². The van der Waals surface area contributed by atoms with Gasteiger partial charge in [0, 0.05) is 37.3 Å². The molecular weight excluding hydrogens is 232 g/mol. The van der Waals surface area contributed by atoms with Crippen molar-refractivity contribution < 1.29 is 4.74 Å². The summed E-state index contributed by atoms with van der Waals surface area (Å²) in [5.41, 5.74) is 0. The zero-order valence-corrected chi connectivity index (χ0v) is 11.6. The van der Waals surface area contributed by atoms with Crippen molar-refractivity contribution in [3.63, 3.8) is 0 Å². The van der Waals surface area contributed by atoms with Crippen molar-refractivity contribution >= 4 is 11.3 Å². The summed E-state index contributed by atoms with van der Waals surface area (Å²) in [7, 11) is 0. The number of thiazole rings is 1. The Morgan fingerprint density at radius 2 is 2.47 bits per heavy atom. The maximum Gasteiger partial charge on any atom is 0.0931 e. The van der Waals surface area contributed by atoms with E-state index < -0.39 is 0 Å². The van der Waals surface area contributed by atoms with Gasteiger partial charge in [0.1, 0.15) is 0 Å². The third-order valence-corrected chi connectivity index (χ3v) is 3.96. The molecule has 1 aromatic heterocycles. The van der Waals surface area contributed by atoms with Crippen molar-refractivity contribution in [2.45, 2.75) is 33.2 Å².